The Morgan fingerprint density at radius 1 is 1.12 bits per heavy atom. The molecule has 0 atom stereocenters. The smallest absolute Gasteiger partial charge is 0.236 e. The summed E-state index contributed by atoms with van der Waals surface area (Å²) in [6.07, 6.45) is 1.71. The number of para-hydroxylation sites is 1. The van der Waals surface area contributed by atoms with Crippen LogP contribution in [0.1, 0.15) is 5.69 Å². The molecule has 0 aliphatic heterocycles. The molecular formula is C16H10N4OS3. The van der Waals surface area contributed by atoms with E-state index in [2.05, 4.69) is 31.7 Å². The number of oxazole rings is 1. The minimum Gasteiger partial charge on any atom is -0.444 e. The number of benzene rings is 1. The van der Waals surface area contributed by atoms with Gasteiger partial charge < -0.3 is 4.42 Å². The van der Waals surface area contributed by atoms with Crippen LogP contribution in [0.2, 0.25) is 0 Å². The Labute approximate surface area is 149 Å². The van der Waals surface area contributed by atoms with Gasteiger partial charge in [-0.25, -0.2) is 4.98 Å². The van der Waals surface area contributed by atoms with E-state index in [1.807, 2.05) is 29.6 Å². The second kappa shape index (κ2) is 5.73. The Morgan fingerprint density at radius 3 is 3.00 bits per heavy atom. The van der Waals surface area contributed by atoms with Gasteiger partial charge in [0.2, 0.25) is 10.9 Å². The number of rotatable bonds is 4. The molecule has 0 aliphatic carbocycles. The zero-order valence-electron chi connectivity index (χ0n) is 12.2. The molecule has 24 heavy (non-hydrogen) atoms. The van der Waals surface area contributed by atoms with Crippen molar-refractivity contribution in [1.29, 1.82) is 0 Å². The summed E-state index contributed by atoms with van der Waals surface area (Å²) in [6.45, 7) is 0. The molecular weight excluding hydrogens is 360 g/mol. The topological polar surface area (TPSA) is 56.2 Å². The Morgan fingerprint density at radius 2 is 2.08 bits per heavy atom. The lowest BCUT2D eigenvalue weighted by Gasteiger charge is -1.96. The van der Waals surface area contributed by atoms with Crippen molar-refractivity contribution in [2.75, 3.05) is 0 Å². The van der Waals surface area contributed by atoms with E-state index >= 15 is 0 Å². The zero-order valence-corrected chi connectivity index (χ0v) is 14.7. The second-order valence-electron chi connectivity index (χ2n) is 5.08. The molecule has 5 rings (SSSR count). The van der Waals surface area contributed by atoms with Gasteiger partial charge in [-0.1, -0.05) is 41.3 Å². The molecule has 4 aromatic heterocycles. The molecule has 0 radical (unpaired) electrons. The van der Waals surface area contributed by atoms with Crippen molar-refractivity contribution >= 4 is 49.6 Å². The Kier molecular flexibility index (Phi) is 3.39. The molecule has 0 amide bonds. The summed E-state index contributed by atoms with van der Waals surface area (Å²) in [6, 6.07) is 12.3. The fourth-order valence-corrected chi connectivity index (χ4v) is 4.97. The van der Waals surface area contributed by atoms with E-state index in [0.29, 0.717) is 11.6 Å². The van der Waals surface area contributed by atoms with Crippen molar-refractivity contribution in [3.8, 4) is 10.8 Å². The maximum Gasteiger partial charge on any atom is 0.236 e. The molecule has 0 unspecified atom stereocenters. The summed E-state index contributed by atoms with van der Waals surface area (Å²) in [5.41, 5.74) is 2.05. The summed E-state index contributed by atoms with van der Waals surface area (Å²) in [4.78, 5) is 6.51. The number of aromatic nitrogens is 4. The number of thiazole rings is 1. The van der Waals surface area contributed by atoms with Gasteiger partial charge in [0.1, 0.15) is 6.26 Å². The molecule has 5 nitrogen and oxygen atoms in total. The third-order valence-corrected chi connectivity index (χ3v) is 6.38. The van der Waals surface area contributed by atoms with Crippen LogP contribution in [0.3, 0.4) is 0 Å². The maximum atomic E-state index is 5.57. The van der Waals surface area contributed by atoms with Crippen molar-refractivity contribution in [3.05, 3.63) is 53.7 Å². The van der Waals surface area contributed by atoms with Crippen LogP contribution in [0.5, 0.6) is 0 Å². The average Bonchev–Trinajstić information content (AvgIpc) is 3.36. The summed E-state index contributed by atoms with van der Waals surface area (Å²) in [7, 11) is 0. The summed E-state index contributed by atoms with van der Waals surface area (Å²) in [5.74, 6) is 1.37. The summed E-state index contributed by atoms with van der Waals surface area (Å²) in [5, 5.41) is 11.5. The van der Waals surface area contributed by atoms with Crippen molar-refractivity contribution < 1.29 is 4.42 Å². The number of thiophene rings is 1. The summed E-state index contributed by atoms with van der Waals surface area (Å²) < 4.78 is 8.88. The third kappa shape index (κ3) is 2.34. The number of fused-ring (bicyclic) bond motifs is 3. The van der Waals surface area contributed by atoms with Crippen molar-refractivity contribution in [3.63, 3.8) is 0 Å². The van der Waals surface area contributed by atoms with Gasteiger partial charge in [0.25, 0.3) is 0 Å². The molecule has 8 heteroatoms. The molecule has 0 fully saturated rings. The van der Waals surface area contributed by atoms with E-state index in [4.69, 9.17) is 4.42 Å². The van der Waals surface area contributed by atoms with Gasteiger partial charge in [-0.05, 0) is 23.6 Å². The lowest BCUT2D eigenvalue weighted by molar-refractivity contribution is 0.575. The Balaban J connectivity index is 1.43. The highest BCUT2D eigenvalue weighted by Gasteiger charge is 2.14. The molecule has 0 N–H and O–H groups in total. The first-order valence-corrected chi connectivity index (χ1v) is 9.90. The first-order valence-electron chi connectivity index (χ1n) is 7.22. The average molecular weight is 370 g/mol. The molecule has 0 spiro atoms. The highest BCUT2D eigenvalue weighted by atomic mass is 32.2. The van der Waals surface area contributed by atoms with E-state index in [1.165, 1.54) is 4.70 Å². The fraction of sp³-hybridized carbons (Fsp3) is 0.0625. The summed E-state index contributed by atoms with van der Waals surface area (Å²) >= 11 is 4.89. The fourth-order valence-electron chi connectivity index (χ4n) is 2.47. The monoisotopic (exact) mass is 370 g/mol. The Bertz CT molecular complexity index is 1120. The largest absolute Gasteiger partial charge is 0.444 e. The predicted octanol–water partition coefficient (Wildman–Crippen LogP) is 4.95. The van der Waals surface area contributed by atoms with Crippen LogP contribution in [0.15, 0.2) is 57.6 Å². The van der Waals surface area contributed by atoms with Crippen LogP contribution in [0.4, 0.5) is 0 Å². The highest BCUT2D eigenvalue weighted by molar-refractivity contribution is 7.98. The van der Waals surface area contributed by atoms with Gasteiger partial charge in [-0.2, -0.15) is 0 Å². The van der Waals surface area contributed by atoms with Crippen LogP contribution in [0.25, 0.3) is 25.9 Å². The van der Waals surface area contributed by atoms with Gasteiger partial charge in [0.15, 0.2) is 5.16 Å². The highest BCUT2D eigenvalue weighted by Crippen LogP contribution is 2.31. The molecule has 118 valence electrons. The van der Waals surface area contributed by atoms with Crippen LogP contribution < -0.4 is 0 Å². The first-order chi connectivity index (χ1) is 11.9. The van der Waals surface area contributed by atoms with Gasteiger partial charge in [0, 0.05) is 5.75 Å². The van der Waals surface area contributed by atoms with E-state index in [-0.39, 0.29) is 0 Å². The van der Waals surface area contributed by atoms with E-state index in [9.17, 15) is 0 Å². The molecule has 0 saturated carbocycles. The SMILES string of the molecule is c1csc(-c2nc(CSc3nnc4sc5ccccc5n34)co2)c1. The number of hydrogen-bond donors (Lipinski definition) is 0. The first kappa shape index (κ1) is 14.2. The predicted molar refractivity (Wildman–Crippen MR) is 97.7 cm³/mol. The van der Waals surface area contributed by atoms with Crippen molar-refractivity contribution in [1.82, 2.24) is 19.6 Å². The lowest BCUT2D eigenvalue weighted by atomic mass is 10.3. The van der Waals surface area contributed by atoms with Gasteiger partial charge in [0.05, 0.1) is 20.8 Å². The van der Waals surface area contributed by atoms with E-state index in [0.717, 1.165) is 26.2 Å². The molecule has 0 saturated heterocycles. The molecule has 4 heterocycles. The number of nitrogens with zero attached hydrogens (tertiary/aromatic N) is 4. The molecule has 0 aliphatic rings. The zero-order chi connectivity index (χ0) is 15.9. The van der Waals surface area contributed by atoms with Crippen molar-refractivity contribution in [2.24, 2.45) is 0 Å². The minimum absolute atomic E-state index is 0.674. The van der Waals surface area contributed by atoms with Gasteiger partial charge in [-0.15, -0.1) is 21.5 Å². The molecule has 5 aromatic rings. The van der Waals surface area contributed by atoms with Crippen molar-refractivity contribution in [2.45, 2.75) is 10.9 Å². The van der Waals surface area contributed by atoms with Crippen LogP contribution >= 0.6 is 34.4 Å². The molecule has 1 aromatic carbocycles. The second-order valence-corrected chi connectivity index (χ2v) is 7.98. The van der Waals surface area contributed by atoms with Gasteiger partial charge in [-0.3, -0.25) is 4.40 Å². The minimum atomic E-state index is 0.674. The number of thioether (sulfide) groups is 1. The standard InChI is InChI=1S/C16H10N4OS3/c1-2-5-12-11(4-1)20-15(18-19-16(20)24-12)23-9-10-8-21-14(17-10)13-6-3-7-22-13/h1-8H,9H2. The van der Waals surface area contributed by atoms with Crippen LogP contribution in [-0.4, -0.2) is 19.6 Å². The van der Waals surface area contributed by atoms with E-state index in [1.54, 1.807) is 40.7 Å². The molecule has 0 bridgehead atoms. The third-order valence-electron chi connectivity index (χ3n) is 3.54. The quantitative estimate of drug-likeness (QED) is 0.419. The normalized spacial score (nSPS) is 11.7. The van der Waals surface area contributed by atoms with E-state index < -0.39 is 0 Å². The maximum absolute atomic E-state index is 5.57. The lowest BCUT2D eigenvalue weighted by Crippen LogP contribution is -1.87. The van der Waals surface area contributed by atoms with Crippen LogP contribution in [-0.2, 0) is 5.75 Å². The number of hydrogen-bond acceptors (Lipinski definition) is 7. The van der Waals surface area contributed by atoms with Crippen LogP contribution in [0, 0.1) is 0 Å². The Hall–Kier alpha value is -2.16. The van der Waals surface area contributed by atoms with Gasteiger partial charge >= 0.3 is 0 Å².